The molecule has 0 aliphatic carbocycles. The van der Waals surface area contributed by atoms with Crippen LogP contribution in [0.2, 0.25) is 0 Å². The molecule has 2 aromatic heterocycles. The number of H-pyrrole nitrogens is 1. The fraction of sp³-hybridized carbons (Fsp3) is 0. The van der Waals surface area contributed by atoms with Gasteiger partial charge in [0.15, 0.2) is 0 Å². The van der Waals surface area contributed by atoms with Crippen LogP contribution < -0.4 is 11.1 Å². The van der Waals surface area contributed by atoms with Gasteiger partial charge in [-0.3, -0.25) is 0 Å². The molecule has 58 valence electrons. The van der Waals surface area contributed by atoms with Crippen LogP contribution in [0.15, 0.2) is 9.59 Å². The zero-order valence-electron chi connectivity index (χ0n) is 6.52. The van der Waals surface area contributed by atoms with Crippen LogP contribution in [-0.4, -0.2) is 42.1 Å². The molecule has 2 rings (SSSR count). The molecule has 2 heterocycles. The molecule has 0 bridgehead atoms. The Morgan fingerprint density at radius 1 is 1.15 bits per heavy atom. The second-order valence-corrected chi connectivity index (χ2v) is 2.60. The maximum atomic E-state index is 11.2. The van der Waals surface area contributed by atoms with Gasteiger partial charge in [0.05, 0.1) is 0 Å². The van der Waals surface area contributed by atoms with Crippen LogP contribution in [0.3, 0.4) is 0 Å². The molecule has 0 aliphatic rings. The van der Waals surface area contributed by atoms with E-state index in [0.29, 0.717) is 0 Å². The summed E-state index contributed by atoms with van der Waals surface area (Å²) < 4.78 is 0. The summed E-state index contributed by atoms with van der Waals surface area (Å²) in [4.78, 5) is 22.6. The molecule has 0 fully saturated rings. The van der Waals surface area contributed by atoms with Crippen molar-refractivity contribution in [1.29, 1.82) is 0 Å². The van der Waals surface area contributed by atoms with E-state index >= 15 is 0 Å². The Kier molecular flexibility index (Phi) is 1.86. The summed E-state index contributed by atoms with van der Waals surface area (Å²) in [5.74, 6) is 0. The molecule has 2 aromatic rings. The van der Waals surface area contributed by atoms with E-state index in [0.717, 1.165) is 0 Å². The van der Waals surface area contributed by atoms with Gasteiger partial charge in [-0.15, -0.1) is 0 Å². The number of aromatic amines is 1. The van der Waals surface area contributed by atoms with Crippen LogP contribution in [0.4, 0.5) is 0 Å². The average Bonchev–Trinajstić information content (AvgIpc) is 2.15. The van der Waals surface area contributed by atoms with Crippen LogP contribution in [0.25, 0.3) is 10.6 Å². The Labute approximate surface area is 74.1 Å². The van der Waals surface area contributed by atoms with E-state index in [-0.39, 0.29) is 15.4 Å². The van der Waals surface area contributed by atoms with Crippen molar-refractivity contribution in [2.45, 2.75) is 0 Å². The molecule has 5 nitrogen and oxygen atoms in total. The number of nitrogens with zero attached hydrogens (tertiary/aromatic N) is 1. The number of rotatable bonds is 0. The van der Waals surface area contributed by atoms with E-state index in [2.05, 4.69) is 0 Å². The fourth-order valence-electron chi connectivity index (χ4n) is 1.19. The third-order valence-electron chi connectivity index (χ3n) is 1.80. The molecule has 0 unspecified atom stereocenters. The topological polar surface area (TPSA) is 75.1 Å². The van der Waals surface area contributed by atoms with Crippen molar-refractivity contribution < 1.29 is 5.21 Å². The Bertz CT molecular complexity index is 575. The normalized spacial score (nSPS) is 9.23. The van der Waals surface area contributed by atoms with Gasteiger partial charge in [0.1, 0.15) is 0 Å². The summed E-state index contributed by atoms with van der Waals surface area (Å²) in [5, 5.41) is 11.4. The predicted octanol–water partition coefficient (Wildman–Crippen LogP) is -2.72. The van der Waals surface area contributed by atoms with Crippen molar-refractivity contribution in [1.82, 2.24) is 9.94 Å². The molecule has 0 radical (unpaired) electrons. The average molecular weight is 169 g/mol. The first-order chi connectivity index (χ1) is 6.20. The van der Waals surface area contributed by atoms with Crippen molar-refractivity contribution >= 4 is 37.5 Å². The Balaban J connectivity index is 3.15. The molecule has 2 N–H and O–H groups in total. The summed E-state index contributed by atoms with van der Waals surface area (Å²) in [5.41, 5.74) is -1.12. The monoisotopic (exact) mass is 170 g/mol. The zero-order chi connectivity index (χ0) is 9.42. The summed E-state index contributed by atoms with van der Waals surface area (Å²) >= 11 is 0. The van der Waals surface area contributed by atoms with Gasteiger partial charge in [-0.2, -0.15) is 0 Å². The Morgan fingerprint density at radius 3 is 2.46 bits per heavy atom. The quantitative estimate of drug-likeness (QED) is 0.421. The van der Waals surface area contributed by atoms with E-state index in [1.807, 2.05) is 5.10 Å². The zero-order valence-corrected chi connectivity index (χ0v) is 6.52. The van der Waals surface area contributed by atoms with Gasteiger partial charge in [0.25, 0.3) is 0 Å². The third kappa shape index (κ3) is 1.24. The molecule has 0 saturated carbocycles. The molecule has 0 spiro atoms. The van der Waals surface area contributed by atoms with Crippen molar-refractivity contribution in [3.05, 3.63) is 20.7 Å². The number of hydrogen-bond acceptors (Lipinski definition) is 3. The maximum absolute atomic E-state index is 11.2. The van der Waals surface area contributed by atoms with E-state index in [9.17, 15) is 9.59 Å². The predicted molar refractivity (Wildman–Crippen MR) is 51.4 cm³/mol. The molecule has 13 heavy (non-hydrogen) atoms. The third-order valence-corrected chi connectivity index (χ3v) is 1.80. The van der Waals surface area contributed by atoms with Crippen molar-refractivity contribution in [3.63, 3.8) is 0 Å². The van der Waals surface area contributed by atoms with Crippen LogP contribution in [-0.2, 0) is 0 Å². The standard InChI is InChI=1S/C4H2B4N2O3/c11-3-1-2(6-8-7-5-1)4(12)10(13)9-3/h13H,(H,9,11). The van der Waals surface area contributed by atoms with Gasteiger partial charge in [-0.1, -0.05) is 0 Å². The Hall–Kier alpha value is -1.26. The van der Waals surface area contributed by atoms with Gasteiger partial charge in [0.2, 0.25) is 0 Å². The molecule has 0 atom stereocenters. The van der Waals surface area contributed by atoms with Crippen molar-refractivity contribution in [3.8, 4) is 0 Å². The van der Waals surface area contributed by atoms with Gasteiger partial charge < -0.3 is 0 Å². The first-order valence-corrected chi connectivity index (χ1v) is 3.63. The van der Waals surface area contributed by atoms with Gasteiger partial charge in [-0.05, 0) is 0 Å². The van der Waals surface area contributed by atoms with Crippen LogP contribution in [0.1, 0.15) is 0 Å². The minimum atomic E-state index is -0.629. The second-order valence-electron chi connectivity index (χ2n) is 2.60. The summed E-state index contributed by atoms with van der Waals surface area (Å²) in [7, 11) is 0. The Morgan fingerprint density at radius 2 is 1.77 bits per heavy atom. The van der Waals surface area contributed by atoms with Crippen LogP contribution in [0.5, 0.6) is 0 Å². The number of nitrogens with one attached hydrogen (secondary N) is 1. The molecule has 0 aliphatic heterocycles. The van der Waals surface area contributed by atoms with Crippen LogP contribution in [0, 0.1) is 0 Å². The van der Waals surface area contributed by atoms with E-state index < -0.39 is 11.1 Å². The number of aromatic nitrogens is 2. The SMILES string of the molecule is O=c1[nH]n(O)c(=O)c2bbbbc12. The van der Waals surface area contributed by atoms with E-state index in [4.69, 9.17) is 5.21 Å². The molecule has 0 amide bonds. The van der Waals surface area contributed by atoms with E-state index in [1.54, 1.807) is 13.4 Å². The number of hydrogen-bond donors (Lipinski definition) is 2. The number of fused-ring (bicyclic) bond motifs is 1. The van der Waals surface area contributed by atoms with Gasteiger partial charge in [-0.25, -0.2) is 0 Å². The van der Waals surface area contributed by atoms with Crippen LogP contribution >= 0.6 is 0 Å². The molecule has 0 saturated heterocycles. The van der Waals surface area contributed by atoms with Crippen molar-refractivity contribution in [2.24, 2.45) is 0 Å². The fourth-order valence-corrected chi connectivity index (χ4v) is 1.19. The molecule has 9 heteroatoms. The summed E-state index contributed by atoms with van der Waals surface area (Å²) in [6.45, 7) is 6.29. The molecular formula is C4H2B4N2O3. The van der Waals surface area contributed by atoms with Gasteiger partial charge >= 0.3 is 73.4 Å². The first-order valence-electron chi connectivity index (χ1n) is 3.63. The summed E-state index contributed by atoms with van der Waals surface area (Å²) in [6.07, 6.45) is 0. The second kappa shape index (κ2) is 2.90. The molecule has 0 aromatic carbocycles. The summed E-state index contributed by atoms with van der Waals surface area (Å²) in [6, 6.07) is 0. The minimum absolute atomic E-state index is 0.185. The van der Waals surface area contributed by atoms with E-state index in [1.165, 1.54) is 13.6 Å². The first kappa shape index (κ1) is 8.34. The molecular weight excluding hydrogens is 167 g/mol. The van der Waals surface area contributed by atoms with Gasteiger partial charge in [0, 0.05) is 0 Å². The van der Waals surface area contributed by atoms with Crippen molar-refractivity contribution in [2.75, 3.05) is 0 Å².